The molecular weight excluding hydrogens is 468 g/mol. The average Bonchev–Trinajstić information content (AvgIpc) is 3.40. The first kappa shape index (κ1) is 24.4. The van der Waals surface area contributed by atoms with E-state index in [2.05, 4.69) is 43.6 Å². The number of rotatable bonds is 6. The molecule has 3 aromatic rings. The molecule has 5 rings (SSSR count). The van der Waals surface area contributed by atoms with Crippen LogP contribution in [0, 0.1) is 11.3 Å². The van der Waals surface area contributed by atoms with Gasteiger partial charge in [0, 0.05) is 63.4 Å². The third kappa shape index (κ3) is 5.15. The first-order valence-corrected chi connectivity index (χ1v) is 12.3. The Hall–Kier alpha value is -4.30. The Kier molecular flexibility index (Phi) is 6.83. The topological polar surface area (TPSA) is 117 Å². The molecule has 11 heteroatoms. The second-order valence-corrected chi connectivity index (χ2v) is 9.42. The molecule has 2 saturated heterocycles. The third-order valence-corrected chi connectivity index (χ3v) is 6.93. The third-order valence-electron chi connectivity index (χ3n) is 6.93. The Morgan fingerprint density at radius 3 is 2.62 bits per heavy atom. The van der Waals surface area contributed by atoms with Gasteiger partial charge in [-0.3, -0.25) is 4.79 Å². The van der Waals surface area contributed by atoms with Crippen LogP contribution in [0.1, 0.15) is 12.0 Å². The Morgan fingerprint density at radius 1 is 1.16 bits per heavy atom. The number of aromatic nitrogens is 4. The molecule has 1 amide bonds. The van der Waals surface area contributed by atoms with Gasteiger partial charge >= 0.3 is 0 Å². The van der Waals surface area contributed by atoms with E-state index in [0.29, 0.717) is 17.5 Å². The number of nitrogens with zero attached hydrogens (tertiary/aromatic N) is 9. The second kappa shape index (κ2) is 10.4. The van der Waals surface area contributed by atoms with Crippen LogP contribution >= 0.6 is 0 Å². The van der Waals surface area contributed by atoms with Gasteiger partial charge in [-0.25, -0.2) is 15.0 Å². The first-order valence-electron chi connectivity index (χ1n) is 12.3. The van der Waals surface area contributed by atoms with Crippen LogP contribution < -0.4 is 20.0 Å². The highest BCUT2D eigenvalue weighted by Crippen LogP contribution is 2.32. The van der Waals surface area contributed by atoms with Gasteiger partial charge in [0.05, 0.1) is 23.5 Å². The number of amides is 1. The summed E-state index contributed by atoms with van der Waals surface area (Å²) >= 11 is 0. The number of fused-ring (bicyclic) bond motifs is 1. The van der Waals surface area contributed by atoms with Crippen LogP contribution in [-0.2, 0) is 4.79 Å². The Balaban J connectivity index is 1.45. The maximum atomic E-state index is 12.2. The zero-order valence-electron chi connectivity index (χ0n) is 21.1. The molecule has 0 saturated carbocycles. The van der Waals surface area contributed by atoms with Crippen LogP contribution in [0.5, 0.6) is 0 Å². The van der Waals surface area contributed by atoms with Gasteiger partial charge in [0.15, 0.2) is 0 Å². The van der Waals surface area contributed by atoms with Crippen molar-refractivity contribution in [3.8, 4) is 6.07 Å². The summed E-state index contributed by atoms with van der Waals surface area (Å²) < 4.78 is 0. The van der Waals surface area contributed by atoms with E-state index in [1.807, 2.05) is 24.3 Å². The number of likely N-dealkylation sites (N-methyl/N-ethyl adjacent to an activating group) is 2. The van der Waals surface area contributed by atoms with E-state index in [0.717, 1.165) is 68.1 Å². The fraction of sp³-hybridized carbons (Fsp3) is 0.385. The van der Waals surface area contributed by atoms with Crippen LogP contribution in [0.3, 0.4) is 0 Å². The number of hydrogen-bond acceptors (Lipinski definition) is 10. The van der Waals surface area contributed by atoms with Crippen molar-refractivity contribution >= 4 is 40.2 Å². The monoisotopic (exact) mass is 498 g/mol. The number of anilines is 4. The lowest BCUT2D eigenvalue weighted by Gasteiger charge is -2.33. The van der Waals surface area contributed by atoms with Crippen LogP contribution in [0.15, 0.2) is 43.2 Å². The van der Waals surface area contributed by atoms with Crippen LogP contribution in [0.2, 0.25) is 0 Å². The number of piperazine rings is 1. The molecule has 1 aromatic carbocycles. The number of carbonyl (C=O) groups excluding carboxylic acids is 1. The van der Waals surface area contributed by atoms with E-state index < -0.39 is 0 Å². The summed E-state index contributed by atoms with van der Waals surface area (Å²) in [5.41, 5.74) is 1.99. The lowest BCUT2D eigenvalue weighted by molar-refractivity contribution is -0.113. The summed E-state index contributed by atoms with van der Waals surface area (Å²) in [6.07, 6.45) is 5.25. The minimum absolute atomic E-state index is 0.139. The van der Waals surface area contributed by atoms with Crippen molar-refractivity contribution in [1.29, 1.82) is 5.26 Å². The van der Waals surface area contributed by atoms with Crippen molar-refractivity contribution in [2.75, 3.05) is 73.4 Å². The largest absolute Gasteiger partial charge is 0.354 e. The van der Waals surface area contributed by atoms with Gasteiger partial charge in [0.1, 0.15) is 11.9 Å². The van der Waals surface area contributed by atoms with E-state index in [1.165, 1.54) is 18.5 Å². The Bertz CT molecular complexity index is 1340. The molecule has 1 N–H and O–H groups in total. The van der Waals surface area contributed by atoms with Crippen molar-refractivity contribution in [3.05, 3.63) is 48.8 Å². The molecule has 2 fully saturated rings. The number of carbonyl (C=O) groups is 1. The van der Waals surface area contributed by atoms with Crippen molar-refractivity contribution in [2.24, 2.45) is 0 Å². The molecule has 0 aliphatic carbocycles. The second-order valence-electron chi connectivity index (χ2n) is 9.42. The molecule has 2 aromatic heterocycles. The molecule has 0 bridgehead atoms. The van der Waals surface area contributed by atoms with Crippen LogP contribution in [0.25, 0.3) is 10.9 Å². The Labute approximate surface area is 216 Å². The summed E-state index contributed by atoms with van der Waals surface area (Å²) in [6.45, 7) is 8.77. The van der Waals surface area contributed by atoms with E-state index in [-0.39, 0.29) is 11.9 Å². The van der Waals surface area contributed by atoms with E-state index >= 15 is 0 Å². The molecule has 1 atom stereocenters. The predicted molar refractivity (Wildman–Crippen MR) is 144 cm³/mol. The minimum atomic E-state index is -0.175. The number of nitriles is 1. The summed E-state index contributed by atoms with van der Waals surface area (Å²) in [6, 6.07) is 8.03. The van der Waals surface area contributed by atoms with E-state index in [4.69, 9.17) is 15.2 Å². The van der Waals surface area contributed by atoms with Gasteiger partial charge in [0.25, 0.3) is 0 Å². The summed E-state index contributed by atoms with van der Waals surface area (Å²) in [4.78, 5) is 39.1. The number of nitrogens with one attached hydrogen (secondary N) is 1. The van der Waals surface area contributed by atoms with Crippen LogP contribution in [0.4, 0.5) is 23.4 Å². The van der Waals surface area contributed by atoms with E-state index in [9.17, 15) is 4.79 Å². The summed E-state index contributed by atoms with van der Waals surface area (Å²) in [5, 5.41) is 13.3. The molecule has 37 heavy (non-hydrogen) atoms. The maximum absolute atomic E-state index is 12.2. The molecule has 4 heterocycles. The highest BCUT2D eigenvalue weighted by molar-refractivity contribution is 6.02. The zero-order chi connectivity index (χ0) is 25.9. The first-order chi connectivity index (χ1) is 17.9. The van der Waals surface area contributed by atoms with Gasteiger partial charge in [-0.1, -0.05) is 6.58 Å². The summed E-state index contributed by atoms with van der Waals surface area (Å²) in [5.74, 6) is 1.92. The maximum Gasteiger partial charge on any atom is 0.250 e. The fourth-order valence-electron chi connectivity index (χ4n) is 4.66. The van der Waals surface area contributed by atoms with Gasteiger partial charge in [0.2, 0.25) is 17.8 Å². The Morgan fingerprint density at radius 2 is 1.92 bits per heavy atom. The molecule has 0 spiro atoms. The lowest BCUT2D eigenvalue weighted by atomic mass is 10.2. The number of hydrogen-bond donors (Lipinski definition) is 1. The standard InChI is InChI=1S/C26H30N10O/c1-4-23(37)34(3)20-5-6-21-22(13-20)31-26(35-11-9-33(2)10-12-35)32-24(21)36-8-7-19(17-36)30-25-28-15-18(14-27)16-29-25/h4-6,13,15-16,19H,1,7-12,17H2,2-3H3,(H,28,29,30)/t19-/m1/s1. The molecule has 0 unspecified atom stereocenters. The molecule has 2 aliphatic heterocycles. The van der Waals surface area contributed by atoms with Gasteiger partial charge in [-0.2, -0.15) is 10.2 Å². The minimum Gasteiger partial charge on any atom is -0.354 e. The van der Waals surface area contributed by atoms with Crippen molar-refractivity contribution in [3.63, 3.8) is 0 Å². The van der Waals surface area contributed by atoms with E-state index in [1.54, 1.807) is 11.9 Å². The quantitative estimate of drug-likeness (QED) is 0.505. The molecule has 11 nitrogen and oxygen atoms in total. The zero-order valence-corrected chi connectivity index (χ0v) is 21.1. The molecular formula is C26H30N10O. The average molecular weight is 499 g/mol. The molecule has 0 radical (unpaired) electrons. The highest BCUT2D eigenvalue weighted by atomic mass is 16.2. The molecule has 2 aliphatic rings. The lowest BCUT2D eigenvalue weighted by Crippen LogP contribution is -2.45. The van der Waals surface area contributed by atoms with Crippen molar-refractivity contribution < 1.29 is 4.79 Å². The highest BCUT2D eigenvalue weighted by Gasteiger charge is 2.27. The van der Waals surface area contributed by atoms with Gasteiger partial charge < -0.3 is 24.9 Å². The van der Waals surface area contributed by atoms with Crippen molar-refractivity contribution in [1.82, 2.24) is 24.8 Å². The normalized spacial score (nSPS) is 18.0. The SMILES string of the molecule is C=CC(=O)N(C)c1ccc2c(N3CC[C@@H](Nc4ncc(C#N)cn4)C3)nc(N3CCN(C)CC3)nc2c1. The predicted octanol–water partition coefficient (Wildman–Crippen LogP) is 1.88. The fourth-order valence-corrected chi connectivity index (χ4v) is 4.66. The molecule has 190 valence electrons. The number of benzene rings is 1. The summed E-state index contributed by atoms with van der Waals surface area (Å²) in [7, 11) is 3.86. The van der Waals surface area contributed by atoms with Crippen LogP contribution in [-0.4, -0.2) is 90.1 Å². The van der Waals surface area contributed by atoms with Gasteiger partial charge in [-0.15, -0.1) is 0 Å². The smallest absolute Gasteiger partial charge is 0.250 e. The van der Waals surface area contributed by atoms with Crippen molar-refractivity contribution in [2.45, 2.75) is 12.5 Å². The van der Waals surface area contributed by atoms with Gasteiger partial charge in [-0.05, 0) is 37.7 Å².